The highest BCUT2D eigenvalue weighted by atomic mass is 32.2. The van der Waals surface area contributed by atoms with Crippen LogP contribution in [-0.2, 0) is 16.6 Å². The van der Waals surface area contributed by atoms with E-state index in [9.17, 15) is 13.2 Å². The van der Waals surface area contributed by atoms with Crippen LogP contribution in [0.1, 0.15) is 36.5 Å². The molecule has 170 valence electrons. The average Bonchev–Trinajstić information content (AvgIpc) is 3.08. The molecule has 2 unspecified atom stereocenters. The van der Waals surface area contributed by atoms with Gasteiger partial charge < -0.3 is 9.88 Å². The molecule has 1 amide bonds. The number of piperidine rings is 1. The van der Waals surface area contributed by atoms with Gasteiger partial charge in [-0.3, -0.25) is 4.79 Å². The van der Waals surface area contributed by atoms with Gasteiger partial charge in [-0.15, -0.1) is 0 Å². The molecule has 1 aliphatic rings. The zero-order chi connectivity index (χ0) is 22.9. The lowest BCUT2D eigenvalue weighted by atomic mass is 9.94. The Morgan fingerprint density at radius 1 is 1.06 bits per heavy atom. The molecular formula is C24H30N4O3S. The first kappa shape index (κ1) is 22.5. The van der Waals surface area contributed by atoms with E-state index in [4.69, 9.17) is 0 Å². The summed E-state index contributed by atoms with van der Waals surface area (Å²) in [5.74, 6) is 1.36. The Morgan fingerprint density at radius 3 is 2.41 bits per heavy atom. The summed E-state index contributed by atoms with van der Waals surface area (Å²) < 4.78 is 29.7. The maximum atomic E-state index is 13.0. The molecule has 1 N–H and O–H groups in total. The van der Waals surface area contributed by atoms with Crippen molar-refractivity contribution in [1.82, 2.24) is 19.2 Å². The fourth-order valence-corrected chi connectivity index (χ4v) is 6.27. The number of para-hydroxylation sites is 2. The molecule has 2 atom stereocenters. The fraction of sp³-hybridized carbons (Fsp3) is 0.417. The molecule has 8 heteroatoms. The lowest BCUT2D eigenvalue weighted by Crippen LogP contribution is -2.42. The normalized spacial score (nSPS) is 19.8. The highest BCUT2D eigenvalue weighted by Gasteiger charge is 2.31. The molecule has 0 aliphatic carbocycles. The van der Waals surface area contributed by atoms with Crippen LogP contribution in [0.3, 0.4) is 0 Å². The molecule has 0 spiro atoms. The number of nitrogens with one attached hydrogen (secondary N) is 1. The zero-order valence-corrected chi connectivity index (χ0v) is 19.6. The summed E-state index contributed by atoms with van der Waals surface area (Å²) >= 11 is 0. The van der Waals surface area contributed by atoms with Crippen LogP contribution >= 0.6 is 0 Å². The molecular weight excluding hydrogens is 424 g/mol. The third-order valence-corrected chi connectivity index (χ3v) is 7.90. The molecule has 3 aromatic rings. The van der Waals surface area contributed by atoms with Crippen molar-refractivity contribution < 1.29 is 13.2 Å². The summed E-state index contributed by atoms with van der Waals surface area (Å²) in [6.07, 6.45) is 1.04. The highest BCUT2D eigenvalue weighted by Crippen LogP contribution is 2.26. The monoisotopic (exact) mass is 454 g/mol. The summed E-state index contributed by atoms with van der Waals surface area (Å²) in [6.45, 7) is 8.25. The minimum atomic E-state index is -3.55. The smallest absolute Gasteiger partial charge is 0.251 e. The number of rotatable bonds is 6. The molecule has 1 aromatic heterocycles. The maximum Gasteiger partial charge on any atom is 0.251 e. The Labute approximate surface area is 189 Å². The SMILES string of the molecule is Cc1nc2ccccc2n1CCNC(=O)c1ccc(S(=O)(=O)N2CC(C)CC(C)C2)cc1. The third-order valence-electron chi connectivity index (χ3n) is 6.06. The summed E-state index contributed by atoms with van der Waals surface area (Å²) in [4.78, 5) is 17.3. The number of carbonyl (C=O) groups excluding carboxylic acids is 1. The molecule has 2 aromatic carbocycles. The van der Waals surface area contributed by atoms with Crippen LogP contribution in [0.25, 0.3) is 11.0 Å². The largest absolute Gasteiger partial charge is 0.350 e. The van der Waals surface area contributed by atoms with Crippen molar-refractivity contribution in [3.63, 3.8) is 0 Å². The van der Waals surface area contributed by atoms with E-state index in [0.29, 0.717) is 43.6 Å². The van der Waals surface area contributed by atoms with Crippen molar-refractivity contribution in [1.29, 1.82) is 0 Å². The predicted octanol–water partition coefficient (Wildman–Crippen LogP) is 3.44. The quantitative estimate of drug-likeness (QED) is 0.618. The van der Waals surface area contributed by atoms with Crippen LogP contribution in [0.2, 0.25) is 0 Å². The molecule has 1 saturated heterocycles. The minimum Gasteiger partial charge on any atom is -0.350 e. The third kappa shape index (κ3) is 4.56. The first-order chi connectivity index (χ1) is 15.3. The number of benzene rings is 2. The number of aryl methyl sites for hydroxylation is 1. The van der Waals surface area contributed by atoms with Crippen LogP contribution in [0.5, 0.6) is 0 Å². The first-order valence-corrected chi connectivity index (χ1v) is 12.5. The Morgan fingerprint density at radius 2 is 1.72 bits per heavy atom. The topological polar surface area (TPSA) is 84.3 Å². The summed E-state index contributed by atoms with van der Waals surface area (Å²) in [7, 11) is -3.55. The van der Waals surface area contributed by atoms with E-state index in [2.05, 4.69) is 28.7 Å². The van der Waals surface area contributed by atoms with Crippen LogP contribution in [0.4, 0.5) is 0 Å². The maximum absolute atomic E-state index is 13.0. The number of aromatic nitrogens is 2. The predicted molar refractivity (Wildman–Crippen MR) is 125 cm³/mol. The van der Waals surface area contributed by atoms with Crippen molar-refractivity contribution >= 4 is 27.0 Å². The minimum absolute atomic E-state index is 0.226. The number of nitrogens with zero attached hydrogens (tertiary/aromatic N) is 3. The molecule has 2 heterocycles. The lowest BCUT2D eigenvalue weighted by Gasteiger charge is -2.34. The molecule has 0 radical (unpaired) electrons. The number of carbonyl (C=O) groups is 1. The van der Waals surface area contributed by atoms with Crippen LogP contribution in [0, 0.1) is 18.8 Å². The molecule has 0 saturated carbocycles. The number of imidazole rings is 1. The number of amides is 1. The molecule has 1 aliphatic heterocycles. The van der Waals surface area contributed by atoms with Gasteiger partial charge in [0.05, 0.1) is 15.9 Å². The van der Waals surface area contributed by atoms with Crippen molar-refractivity contribution in [2.24, 2.45) is 11.8 Å². The van der Waals surface area contributed by atoms with Crippen LogP contribution in [0.15, 0.2) is 53.4 Å². The Kier molecular flexibility index (Phi) is 6.35. The molecule has 32 heavy (non-hydrogen) atoms. The highest BCUT2D eigenvalue weighted by molar-refractivity contribution is 7.89. The van der Waals surface area contributed by atoms with Crippen molar-refractivity contribution in [3.8, 4) is 0 Å². The van der Waals surface area contributed by atoms with Crippen molar-refractivity contribution in [3.05, 3.63) is 59.9 Å². The second-order valence-corrected chi connectivity index (χ2v) is 10.8. The van der Waals surface area contributed by atoms with E-state index in [0.717, 1.165) is 23.3 Å². The van der Waals surface area contributed by atoms with E-state index in [1.165, 1.54) is 12.1 Å². The molecule has 4 rings (SSSR count). The van der Waals surface area contributed by atoms with E-state index in [1.807, 2.05) is 31.2 Å². The van der Waals surface area contributed by atoms with E-state index in [1.54, 1.807) is 16.4 Å². The molecule has 1 fully saturated rings. The number of sulfonamides is 1. The van der Waals surface area contributed by atoms with Crippen LogP contribution in [-0.4, -0.2) is 47.8 Å². The van der Waals surface area contributed by atoms with Gasteiger partial charge in [-0.1, -0.05) is 26.0 Å². The van der Waals surface area contributed by atoms with Gasteiger partial charge in [-0.05, 0) is 61.6 Å². The molecule has 7 nitrogen and oxygen atoms in total. The van der Waals surface area contributed by atoms with Gasteiger partial charge in [-0.2, -0.15) is 4.31 Å². The van der Waals surface area contributed by atoms with Gasteiger partial charge in [0.15, 0.2) is 0 Å². The number of hydrogen-bond acceptors (Lipinski definition) is 4. The van der Waals surface area contributed by atoms with Gasteiger partial charge in [0, 0.05) is 31.7 Å². The lowest BCUT2D eigenvalue weighted by molar-refractivity contribution is 0.0952. The van der Waals surface area contributed by atoms with E-state index >= 15 is 0 Å². The van der Waals surface area contributed by atoms with Gasteiger partial charge in [-0.25, -0.2) is 13.4 Å². The molecule has 0 bridgehead atoms. The summed E-state index contributed by atoms with van der Waals surface area (Å²) in [6, 6.07) is 14.1. The summed E-state index contributed by atoms with van der Waals surface area (Å²) in [5, 5.41) is 2.91. The van der Waals surface area contributed by atoms with E-state index < -0.39 is 10.0 Å². The number of hydrogen-bond donors (Lipinski definition) is 1. The summed E-state index contributed by atoms with van der Waals surface area (Å²) in [5.41, 5.74) is 2.41. The van der Waals surface area contributed by atoms with Gasteiger partial charge in [0.1, 0.15) is 5.82 Å². The standard InChI is InChI=1S/C24H30N4O3S/c1-17-14-18(2)16-27(15-17)32(30,31)21-10-8-20(9-11-21)24(29)25-12-13-28-19(3)26-22-6-4-5-7-23(22)28/h4-11,17-18H,12-16H2,1-3H3,(H,25,29). The van der Waals surface area contributed by atoms with Gasteiger partial charge >= 0.3 is 0 Å². The Bertz CT molecular complexity index is 1210. The Hall–Kier alpha value is -2.71. The van der Waals surface area contributed by atoms with Gasteiger partial charge in [0.2, 0.25) is 10.0 Å². The van der Waals surface area contributed by atoms with E-state index in [-0.39, 0.29) is 10.8 Å². The average molecular weight is 455 g/mol. The first-order valence-electron chi connectivity index (χ1n) is 11.1. The van der Waals surface area contributed by atoms with Crippen molar-refractivity contribution in [2.75, 3.05) is 19.6 Å². The van der Waals surface area contributed by atoms with Gasteiger partial charge in [0.25, 0.3) is 5.91 Å². The second-order valence-electron chi connectivity index (χ2n) is 8.85. The number of fused-ring (bicyclic) bond motifs is 1. The Balaban J connectivity index is 1.39. The van der Waals surface area contributed by atoms with Crippen LogP contribution < -0.4 is 5.32 Å². The van der Waals surface area contributed by atoms with Crippen molar-refractivity contribution in [2.45, 2.75) is 38.6 Å². The second kappa shape index (κ2) is 9.03. The fourth-order valence-electron chi connectivity index (χ4n) is 4.59. The zero-order valence-electron chi connectivity index (χ0n) is 18.8.